The molecule has 0 bridgehead atoms. The van der Waals surface area contributed by atoms with E-state index in [1.54, 1.807) is 6.20 Å². The molecule has 15 heavy (non-hydrogen) atoms. The molecule has 0 saturated heterocycles. The van der Waals surface area contributed by atoms with Crippen LogP contribution < -0.4 is 10.6 Å². The first-order valence-corrected chi connectivity index (χ1v) is 5.58. The van der Waals surface area contributed by atoms with Gasteiger partial charge in [-0.15, -0.1) is 5.10 Å². The van der Waals surface area contributed by atoms with E-state index in [1.807, 2.05) is 0 Å². The molecule has 0 aliphatic heterocycles. The zero-order valence-corrected chi connectivity index (χ0v) is 9.03. The number of hydrogen-bond acceptors (Lipinski definition) is 5. The van der Waals surface area contributed by atoms with Gasteiger partial charge in [-0.05, 0) is 19.3 Å². The summed E-state index contributed by atoms with van der Waals surface area (Å²) in [5.41, 5.74) is 0. The summed E-state index contributed by atoms with van der Waals surface area (Å²) in [6.45, 7) is 3.07. The molecule has 1 aromatic heterocycles. The zero-order valence-electron chi connectivity index (χ0n) is 9.03. The normalized spacial score (nSPS) is 15.0. The fourth-order valence-corrected chi connectivity index (χ4v) is 1.26. The van der Waals surface area contributed by atoms with E-state index in [0.29, 0.717) is 12.0 Å². The second-order valence-corrected chi connectivity index (χ2v) is 3.86. The molecule has 1 aliphatic carbocycles. The van der Waals surface area contributed by atoms with Crippen molar-refractivity contribution in [3.63, 3.8) is 0 Å². The van der Waals surface area contributed by atoms with Crippen molar-refractivity contribution in [1.82, 2.24) is 15.2 Å². The molecule has 1 aromatic rings. The second-order valence-electron chi connectivity index (χ2n) is 3.86. The molecule has 1 heterocycles. The second kappa shape index (κ2) is 4.91. The van der Waals surface area contributed by atoms with Gasteiger partial charge in [0.1, 0.15) is 0 Å². The Bertz CT molecular complexity index is 310. The van der Waals surface area contributed by atoms with Crippen molar-refractivity contribution in [1.29, 1.82) is 0 Å². The summed E-state index contributed by atoms with van der Waals surface area (Å²) >= 11 is 0. The molecular weight excluding hydrogens is 190 g/mol. The van der Waals surface area contributed by atoms with E-state index in [4.69, 9.17) is 0 Å². The minimum absolute atomic E-state index is 0.602. The molecule has 0 amide bonds. The van der Waals surface area contributed by atoms with Crippen LogP contribution in [0.1, 0.15) is 32.6 Å². The van der Waals surface area contributed by atoms with Gasteiger partial charge in [0.15, 0.2) is 5.82 Å². The molecule has 1 aliphatic rings. The Morgan fingerprint density at radius 1 is 1.47 bits per heavy atom. The summed E-state index contributed by atoms with van der Waals surface area (Å²) < 4.78 is 0. The van der Waals surface area contributed by atoms with Crippen molar-refractivity contribution < 1.29 is 0 Å². The summed E-state index contributed by atoms with van der Waals surface area (Å²) in [5.74, 6) is 1.44. The van der Waals surface area contributed by atoms with Crippen LogP contribution in [-0.2, 0) is 0 Å². The minimum Gasteiger partial charge on any atom is -0.366 e. The molecule has 0 atom stereocenters. The van der Waals surface area contributed by atoms with Crippen molar-refractivity contribution in [2.45, 2.75) is 38.6 Å². The lowest BCUT2D eigenvalue weighted by Gasteiger charge is -2.05. The molecule has 5 heteroatoms. The smallest absolute Gasteiger partial charge is 0.244 e. The van der Waals surface area contributed by atoms with Crippen LogP contribution >= 0.6 is 0 Å². The van der Waals surface area contributed by atoms with Gasteiger partial charge in [0.05, 0.1) is 6.20 Å². The maximum atomic E-state index is 4.33. The topological polar surface area (TPSA) is 62.7 Å². The highest BCUT2D eigenvalue weighted by Crippen LogP contribution is 2.23. The number of unbranched alkanes of at least 4 members (excludes halogenated alkanes) is 1. The fourth-order valence-electron chi connectivity index (χ4n) is 1.26. The van der Waals surface area contributed by atoms with E-state index >= 15 is 0 Å². The van der Waals surface area contributed by atoms with Crippen molar-refractivity contribution in [3.8, 4) is 0 Å². The number of nitrogens with one attached hydrogen (secondary N) is 2. The average molecular weight is 207 g/mol. The average Bonchev–Trinajstić information content (AvgIpc) is 3.03. The molecule has 0 spiro atoms. The van der Waals surface area contributed by atoms with Gasteiger partial charge in [-0.1, -0.05) is 13.3 Å². The van der Waals surface area contributed by atoms with E-state index in [1.165, 1.54) is 19.3 Å². The molecule has 0 unspecified atom stereocenters. The molecule has 2 N–H and O–H groups in total. The highest BCUT2D eigenvalue weighted by Gasteiger charge is 2.21. The van der Waals surface area contributed by atoms with E-state index in [2.05, 4.69) is 32.7 Å². The summed E-state index contributed by atoms with van der Waals surface area (Å²) in [6, 6.07) is 0.602. The van der Waals surface area contributed by atoms with E-state index in [9.17, 15) is 0 Å². The Morgan fingerprint density at radius 3 is 3.07 bits per heavy atom. The van der Waals surface area contributed by atoms with Crippen LogP contribution in [0.4, 0.5) is 11.8 Å². The first-order valence-electron chi connectivity index (χ1n) is 5.58. The van der Waals surface area contributed by atoms with Gasteiger partial charge in [-0.2, -0.15) is 10.1 Å². The van der Waals surface area contributed by atoms with Crippen LogP contribution in [0.3, 0.4) is 0 Å². The number of anilines is 2. The number of nitrogens with zero attached hydrogens (tertiary/aromatic N) is 3. The van der Waals surface area contributed by atoms with Crippen molar-refractivity contribution in [2.75, 3.05) is 17.2 Å². The Labute approximate surface area is 89.7 Å². The first kappa shape index (κ1) is 10.1. The van der Waals surface area contributed by atoms with Gasteiger partial charge in [0, 0.05) is 12.6 Å². The maximum Gasteiger partial charge on any atom is 0.244 e. The predicted octanol–water partition coefficient (Wildman–Crippen LogP) is 1.66. The molecule has 0 aromatic carbocycles. The summed E-state index contributed by atoms with van der Waals surface area (Å²) in [6.07, 6.45) is 6.44. The molecular formula is C10H17N5. The summed E-state index contributed by atoms with van der Waals surface area (Å²) in [5, 5.41) is 14.3. The lowest BCUT2D eigenvalue weighted by atomic mass is 10.3. The first-order chi connectivity index (χ1) is 7.38. The molecule has 2 rings (SSSR count). The number of aromatic nitrogens is 3. The van der Waals surface area contributed by atoms with E-state index in [-0.39, 0.29) is 0 Å². The van der Waals surface area contributed by atoms with Crippen LogP contribution in [0.2, 0.25) is 0 Å². The number of rotatable bonds is 6. The van der Waals surface area contributed by atoms with Gasteiger partial charge < -0.3 is 10.6 Å². The van der Waals surface area contributed by atoms with Crippen molar-refractivity contribution in [3.05, 3.63) is 6.20 Å². The van der Waals surface area contributed by atoms with Crippen LogP contribution in [0.5, 0.6) is 0 Å². The van der Waals surface area contributed by atoms with Crippen LogP contribution in [-0.4, -0.2) is 27.8 Å². The van der Waals surface area contributed by atoms with Gasteiger partial charge in [-0.25, -0.2) is 0 Å². The quantitative estimate of drug-likeness (QED) is 0.694. The zero-order chi connectivity index (χ0) is 10.5. The van der Waals surface area contributed by atoms with Crippen LogP contribution in [0.25, 0.3) is 0 Å². The van der Waals surface area contributed by atoms with Crippen molar-refractivity contribution in [2.24, 2.45) is 0 Å². The number of hydrogen-bond donors (Lipinski definition) is 2. The monoisotopic (exact) mass is 207 g/mol. The minimum atomic E-state index is 0.602. The third kappa shape index (κ3) is 3.34. The van der Waals surface area contributed by atoms with Gasteiger partial charge >= 0.3 is 0 Å². The molecule has 5 nitrogen and oxygen atoms in total. The van der Waals surface area contributed by atoms with Gasteiger partial charge in [-0.3, -0.25) is 0 Å². The van der Waals surface area contributed by atoms with Crippen LogP contribution in [0, 0.1) is 0 Å². The molecule has 0 radical (unpaired) electrons. The van der Waals surface area contributed by atoms with Gasteiger partial charge in [0.2, 0.25) is 5.95 Å². The molecule has 1 saturated carbocycles. The maximum absolute atomic E-state index is 4.33. The predicted molar refractivity (Wildman–Crippen MR) is 59.9 cm³/mol. The third-order valence-electron chi connectivity index (χ3n) is 2.30. The molecule has 1 fully saturated rings. The lowest BCUT2D eigenvalue weighted by molar-refractivity contribution is 0.819. The molecule has 82 valence electrons. The Kier molecular flexibility index (Phi) is 3.32. The highest BCUT2D eigenvalue weighted by atomic mass is 15.3. The van der Waals surface area contributed by atoms with Gasteiger partial charge in [0.25, 0.3) is 0 Å². The summed E-state index contributed by atoms with van der Waals surface area (Å²) in [7, 11) is 0. The van der Waals surface area contributed by atoms with Crippen molar-refractivity contribution >= 4 is 11.8 Å². The third-order valence-corrected chi connectivity index (χ3v) is 2.30. The SMILES string of the molecule is CCCCNc1nncc(NC2CC2)n1. The van der Waals surface area contributed by atoms with Crippen LogP contribution in [0.15, 0.2) is 6.20 Å². The standard InChI is InChI=1S/C10H17N5/c1-2-3-6-11-10-14-9(7-12-15-10)13-8-4-5-8/h7-8H,2-6H2,1H3,(H2,11,13,14,15). The fraction of sp³-hybridized carbons (Fsp3) is 0.700. The Morgan fingerprint density at radius 2 is 2.33 bits per heavy atom. The van der Waals surface area contributed by atoms with E-state index < -0.39 is 0 Å². The highest BCUT2D eigenvalue weighted by molar-refractivity contribution is 5.38. The largest absolute Gasteiger partial charge is 0.366 e. The summed E-state index contributed by atoms with van der Waals surface area (Å²) in [4.78, 5) is 4.33. The Balaban J connectivity index is 1.86. The Hall–Kier alpha value is -1.39. The van der Waals surface area contributed by atoms with E-state index in [0.717, 1.165) is 18.8 Å². The lowest BCUT2D eigenvalue weighted by Crippen LogP contribution is -2.09.